The van der Waals surface area contributed by atoms with E-state index in [-0.39, 0.29) is 42.0 Å². The van der Waals surface area contributed by atoms with Crippen LogP contribution in [0, 0.1) is 0 Å². The summed E-state index contributed by atoms with van der Waals surface area (Å²) in [5.41, 5.74) is 1.53. The maximum Gasteiger partial charge on any atom is 3.00 e. The fourth-order valence-corrected chi connectivity index (χ4v) is 4.26. The van der Waals surface area contributed by atoms with Gasteiger partial charge in [-0.25, -0.2) is 0 Å². The second-order valence-corrected chi connectivity index (χ2v) is 10.5. The summed E-state index contributed by atoms with van der Waals surface area (Å²) in [5.74, 6) is -2.32. The van der Waals surface area contributed by atoms with Gasteiger partial charge < -0.3 is 19.8 Å². The Balaban J connectivity index is 0.000000797. The van der Waals surface area contributed by atoms with Crippen molar-refractivity contribution in [1.29, 1.82) is 0 Å². The van der Waals surface area contributed by atoms with Gasteiger partial charge >= 0.3 is 49.8 Å². The van der Waals surface area contributed by atoms with E-state index in [0.29, 0.717) is 13.1 Å². The maximum absolute atomic E-state index is 11.5. The van der Waals surface area contributed by atoms with Crippen LogP contribution in [0.4, 0.5) is 25.2 Å². The van der Waals surface area contributed by atoms with E-state index in [0.717, 1.165) is 37.1 Å². The largest absolute Gasteiger partial charge is 3.00 e. The van der Waals surface area contributed by atoms with Gasteiger partial charge in [0.15, 0.2) is 0 Å². The first kappa shape index (κ1) is 33.7. The molecule has 0 aromatic carbocycles. The van der Waals surface area contributed by atoms with Crippen molar-refractivity contribution in [2.24, 2.45) is 0 Å². The van der Waals surface area contributed by atoms with Gasteiger partial charge in [-0.15, -0.1) is 0 Å². The number of carbonyl (C=O) groups is 2. The molecule has 38 heavy (non-hydrogen) atoms. The molecule has 0 N–H and O–H groups in total. The van der Waals surface area contributed by atoms with Gasteiger partial charge in [-0.05, 0) is 37.1 Å². The van der Waals surface area contributed by atoms with Crippen LogP contribution in [0.3, 0.4) is 0 Å². The standard InChI is InChI=1S/C22H28N4O4.Co.F6P/c27-21(28)15-25(13-17-7-3-5-11-23-17)19-9-1-2-10-20(19)26(16-22(29)30)14-18-8-4-6-12-24-18;;1-7(2,3,4,5)6/h3-8,11-12,19-20H,1-2,9-10,13-16H2,(H,27,28)(H,29,30);;/q;+3;-1/p-2/t19-,20-;;/m1../s1. The minimum Gasteiger partial charge on any atom is -0.549 e. The molecule has 2 aromatic heterocycles. The molecule has 1 saturated carbocycles. The number of pyridine rings is 2. The third-order valence-electron chi connectivity index (χ3n) is 5.48. The maximum atomic E-state index is 11.5. The zero-order valence-corrected chi connectivity index (χ0v) is 21.8. The number of carboxylic acids is 2. The summed E-state index contributed by atoms with van der Waals surface area (Å²) in [4.78, 5) is 35.3. The number of rotatable bonds is 10. The second-order valence-electron chi connectivity index (χ2n) is 8.57. The normalized spacial score (nSPS) is 19.4. The summed E-state index contributed by atoms with van der Waals surface area (Å²) in [5, 5.41) is 23.0. The molecular weight excluding hydrogens is 588 g/mol. The van der Waals surface area contributed by atoms with Crippen LogP contribution < -0.4 is 10.2 Å². The number of carbonyl (C=O) groups excluding carboxylic acids is 2. The summed E-state index contributed by atoms with van der Waals surface area (Å²) >= 11 is 0. The summed E-state index contributed by atoms with van der Waals surface area (Å²) < 4.78 is 59.2. The van der Waals surface area contributed by atoms with Crippen LogP contribution in [0.5, 0.6) is 0 Å². The topological polar surface area (TPSA) is 113 Å². The van der Waals surface area contributed by atoms with Crippen LogP contribution in [-0.4, -0.2) is 56.9 Å². The van der Waals surface area contributed by atoms with Crippen LogP contribution in [0.25, 0.3) is 0 Å². The Morgan fingerprint density at radius 1 is 0.763 bits per heavy atom. The number of aliphatic carboxylic acids is 2. The molecule has 0 aliphatic heterocycles. The summed E-state index contributed by atoms with van der Waals surface area (Å²) in [6, 6.07) is 10.8. The van der Waals surface area contributed by atoms with Crippen LogP contribution in [0.1, 0.15) is 37.1 Å². The van der Waals surface area contributed by atoms with Gasteiger partial charge in [0.05, 0.1) is 23.3 Å². The molecule has 1 aliphatic rings. The van der Waals surface area contributed by atoms with Gasteiger partial charge in [0.2, 0.25) is 0 Å². The molecule has 16 heteroatoms. The third kappa shape index (κ3) is 15.2. The van der Waals surface area contributed by atoms with E-state index in [1.54, 1.807) is 12.4 Å². The Morgan fingerprint density at radius 2 is 1.11 bits per heavy atom. The Kier molecular flexibility index (Phi) is 11.7. The van der Waals surface area contributed by atoms with Crippen LogP contribution in [0.2, 0.25) is 0 Å². The van der Waals surface area contributed by atoms with E-state index in [4.69, 9.17) is 0 Å². The summed E-state index contributed by atoms with van der Waals surface area (Å²) in [6.07, 6.45) is 6.81. The molecule has 3 rings (SSSR count). The van der Waals surface area contributed by atoms with Crippen molar-refractivity contribution in [1.82, 2.24) is 19.8 Å². The smallest absolute Gasteiger partial charge is 0.549 e. The van der Waals surface area contributed by atoms with Crippen molar-refractivity contribution in [3.8, 4) is 0 Å². The fourth-order valence-electron chi connectivity index (χ4n) is 4.26. The average molecular weight is 614 g/mol. The molecule has 0 unspecified atom stereocenters. The number of halogens is 6. The Labute approximate surface area is 225 Å². The molecule has 0 amide bonds. The van der Waals surface area contributed by atoms with Crippen LogP contribution >= 0.6 is 7.81 Å². The number of hydrogen-bond acceptors (Lipinski definition) is 8. The fraction of sp³-hybridized carbons (Fsp3) is 0.455. The zero-order valence-electron chi connectivity index (χ0n) is 19.9. The van der Waals surface area contributed by atoms with E-state index in [1.807, 2.05) is 46.2 Å². The quantitative estimate of drug-likeness (QED) is 0.297. The molecular formula is C22H26CoF6N4O4P. The van der Waals surface area contributed by atoms with E-state index >= 15 is 0 Å². The molecule has 0 spiro atoms. The summed E-state index contributed by atoms with van der Waals surface area (Å²) in [6.45, 7) is 0.248. The summed E-state index contributed by atoms with van der Waals surface area (Å²) in [7, 11) is -10.7. The van der Waals surface area contributed by atoms with Crippen molar-refractivity contribution >= 4 is 19.7 Å². The SMILES string of the molecule is F[P-](F)(F)(F)(F)F.O=C([O-])CN(Cc1ccccn1)[C@@H]1CCCC[C@H]1N(CC(=O)[O-])Cc1ccccn1.[Co+3]. The monoisotopic (exact) mass is 614 g/mol. The molecule has 2 atom stereocenters. The molecule has 0 radical (unpaired) electrons. The Hall–Kier alpha value is -2.32. The molecule has 1 fully saturated rings. The number of aromatic nitrogens is 2. The molecule has 8 nitrogen and oxygen atoms in total. The number of carboxylic acid groups (broad SMARTS) is 2. The Morgan fingerprint density at radius 3 is 1.37 bits per heavy atom. The molecule has 1 aliphatic carbocycles. The first-order chi connectivity index (χ1) is 17.0. The Bertz CT molecular complexity index is 958. The first-order valence-corrected chi connectivity index (χ1v) is 13.2. The van der Waals surface area contributed by atoms with Crippen LogP contribution in [-0.2, 0) is 39.5 Å². The van der Waals surface area contributed by atoms with Crippen molar-refractivity contribution in [3.63, 3.8) is 0 Å². The molecule has 2 aromatic rings. The second kappa shape index (κ2) is 13.2. The third-order valence-corrected chi connectivity index (χ3v) is 5.48. The van der Waals surface area contributed by atoms with Gasteiger partial charge in [-0.2, -0.15) is 0 Å². The van der Waals surface area contributed by atoms with Crippen molar-refractivity contribution in [3.05, 3.63) is 60.2 Å². The number of nitrogens with zero attached hydrogens (tertiary/aromatic N) is 4. The minimum atomic E-state index is -10.7. The van der Waals surface area contributed by atoms with Gasteiger partial charge in [0, 0.05) is 50.7 Å². The van der Waals surface area contributed by atoms with Gasteiger partial charge in [0.1, 0.15) is 0 Å². The predicted octanol–water partition coefficient (Wildman–Crippen LogP) is 2.97. The van der Waals surface area contributed by atoms with Crippen molar-refractivity contribution in [2.45, 2.75) is 50.9 Å². The molecule has 2 heterocycles. The van der Waals surface area contributed by atoms with Gasteiger partial charge in [-0.3, -0.25) is 19.8 Å². The van der Waals surface area contributed by atoms with Gasteiger partial charge in [-0.1, -0.05) is 25.0 Å². The van der Waals surface area contributed by atoms with Crippen molar-refractivity contribution in [2.75, 3.05) is 13.1 Å². The first-order valence-electron chi connectivity index (χ1n) is 11.2. The van der Waals surface area contributed by atoms with E-state index in [2.05, 4.69) is 9.97 Å². The van der Waals surface area contributed by atoms with E-state index < -0.39 is 19.7 Å². The number of hydrogen-bond donors (Lipinski definition) is 0. The molecule has 0 bridgehead atoms. The van der Waals surface area contributed by atoms with Crippen molar-refractivity contribution < 1.29 is 61.8 Å². The van der Waals surface area contributed by atoms with Crippen LogP contribution in [0.15, 0.2) is 48.8 Å². The molecule has 214 valence electrons. The van der Waals surface area contributed by atoms with E-state index in [1.165, 1.54) is 0 Å². The van der Waals surface area contributed by atoms with E-state index in [9.17, 15) is 45.0 Å². The molecule has 0 saturated heterocycles. The van der Waals surface area contributed by atoms with Gasteiger partial charge in [0.25, 0.3) is 0 Å². The average Bonchev–Trinajstić information content (AvgIpc) is 2.77. The predicted molar refractivity (Wildman–Crippen MR) is 119 cm³/mol. The minimum absolute atomic E-state index is 0. The zero-order chi connectivity index (χ0) is 27.8.